The van der Waals surface area contributed by atoms with E-state index in [0.29, 0.717) is 26.6 Å². The van der Waals surface area contributed by atoms with Crippen molar-refractivity contribution < 1.29 is 17.9 Å². The van der Waals surface area contributed by atoms with Crippen LogP contribution in [0.2, 0.25) is 5.02 Å². The number of sulfonamides is 1. The summed E-state index contributed by atoms with van der Waals surface area (Å²) < 4.78 is 31.1. The lowest BCUT2D eigenvalue weighted by atomic mass is 10.3. The van der Waals surface area contributed by atoms with E-state index in [1.807, 2.05) is 0 Å². The van der Waals surface area contributed by atoms with Gasteiger partial charge in [-0.15, -0.1) is 0 Å². The molecule has 0 aliphatic rings. The van der Waals surface area contributed by atoms with Crippen LogP contribution in [0.1, 0.15) is 0 Å². The van der Waals surface area contributed by atoms with Crippen LogP contribution in [0.4, 0.5) is 11.4 Å². The SMILES string of the molecule is COc1ccc(Cl)cc1NC(=O)CN(c1cccc(Br)c1)S(C)(=O)=O. The first-order valence-corrected chi connectivity index (χ1v) is 10.1. The summed E-state index contributed by atoms with van der Waals surface area (Å²) in [6.07, 6.45) is 1.04. The second-order valence-electron chi connectivity index (χ2n) is 5.14. The fourth-order valence-corrected chi connectivity index (χ4v) is 3.54. The highest BCUT2D eigenvalue weighted by Crippen LogP contribution is 2.28. The summed E-state index contributed by atoms with van der Waals surface area (Å²) in [6.45, 7) is -0.384. The third-order valence-corrected chi connectivity index (χ3v) is 5.09. The molecule has 6 nitrogen and oxygen atoms in total. The van der Waals surface area contributed by atoms with E-state index in [9.17, 15) is 13.2 Å². The number of amides is 1. The van der Waals surface area contributed by atoms with Gasteiger partial charge in [0.2, 0.25) is 15.9 Å². The van der Waals surface area contributed by atoms with Crippen LogP contribution in [0.3, 0.4) is 0 Å². The molecule has 0 radical (unpaired) electrons. The van der Waals surface area contributed by atoms with Crippen molar-refractivity contribution in [1.82, 2.24) is 0 Å². The molecular formula is C16H16BrClN2O4S. The minimum absolute atomic E-state index is 0.364. The molecule has 0 spiro atoms. The molecule has 2 aromatic rings. The van der Waals surface area contributed by atoms with Gasteiger partial charge in [0.25, 0.3) is 0 Å². The second kappa shape index (κ2) is 8.07. The standard InChI is InChI=1S/C16H16BrClN2O4S/c1-24-15-7-6-12(18)9-14(15)19-16(21)10-20(25(2,22)23)13-5-3-4-11(17)8-13/h3-9H,10H2,1-2H3,(H,19,21). The molecule has 0 saturated carbocycles. The van der Waals surface area contributed by atoms with Gasteiger partial charge in [-0.3, -0.25) is 9.10 Å². The Morgan fingerprint density at radius 2 is 2.00 bits per heavy atom. The van der Waals surface area contributed by atoms with Gasteiger partial charge >= 0.3 is 0 Å². The molecule has 2 rings (SSSR count). The summed E-state index contributed by atoms with van der Waals surface area (Å²) in [5, 5.41) is 3.04. The fourth-order valence-electron chi connectivity index (χ4n) is 2.13. The maximum Gasteiger partial charge on any atom is 0.245 e. The van der Waals surface area contributed by atoms with E-state index in [1.54, 1.807) is 36.4 Å². The fraction of sp³-hybridized carbons (Fsp3) is 0.188. The van der Waals surface area contributed by atoms with Crippen molar-refractivity contribution >= 4 is 54.8 Å². The van der Waals surface area contributed by atoms with Gasteiger partial charge in [0, 0.05) is 9.50 Å². The van der Waals surface area contributed by atoms with Crippen molar-refractivity contribution in [2.24, 2.45) is 0 Å². The molecule has 9 heteroatoms. The normalized spacial score (nSPS) is 11.0. The molecule has 25 heavy (non-hydrogen) atoms. The van der Waals surface area contributed by atoms with Crippen LogP contribution in [0.25, 0.3) is 0 Å². The predicted molar refractivity (Wildman–Crippen MR) is 103 cm³/mol. The number of benzene rings is 2. The van der Waals surface area contributed by atoms with Gasteiger partial charge < -0.3 is 10.1 Å². The molecule has 0 saturated heterocycles. The highest BCUT2D eigenvalue weighted by Gasteiger charge is 2.21. The number of carbonyl (C=O) groups excluding carboxylic acids is 1. The molecular weight excluding hydrogens is 432 g/mol. The van der Waals surface area contributed by atoms with Crippen LogP contribution in [0.15, 0.2) is 46.9 Å². The number of halogens is 2. The number of nitrogens with one attached hydrogen (secondary N) is 1. The summed E-state index contributed by atoms with van der Waals surface area (Å²) in [4.78, 5) is 12.4. The topological polar surface area (TPSA) is 75.7 Å². The van der Waals surface area contributed by atoms with Crippen molar-refractivity contribution in [2.45, 2.75) is 0 Å². The van der Waals surface area contributed by atoms with Gasteiger partial charge in [-0.2, -0.15) is 0 Å². The Bertz CT molecular complexity index is 889. The summed E-state index contributed by atoms with van der Waals surface area (Å²) in [5.74, 6) is -0.0999. The monoisotopic (exact) mass is 446 g/mol. The van der Waals surface area contributed by atoms with Crippen molar-refractivity contribution in [2.75, 3.05) is 29.5 Å². The number of rotatable bonds is 6. The minimum Gasteiger partial charge on any atom is -0.495 e. The molecule has 0 aliphatic heterocycles. The number of nitrogens with zero attached hydrogens (tertiary/aromatic N) is 1. The van der Waals surface area contributed by atoms with E-state index >= 15 is 0 Å². The van der Waals surface area contributed by atoms with Crippen LogP contribution in [-0.2, 0) is 14.8 Å². The highest BCUT2D eigenvalue weighted by atomic mass is 79.9. The van der Waals surface area contributed by atoms with E-state index < -0.39 is 15.9 Å². The van der Waals surface area contributed by atoms with Crippen LogP contribution in [-0.4, -0.2) is 34.2 Å². The van der Waals surface area contributed by atoms with E-state index in [-0.39, 0.29) is 6.54 Å². The average molecular weight is 448 g/mol. The van der Waals surface area contributed by atoms with Gasteiger partial charge in [-0.05, 0) is 36.4 Å². The van der Waals surface area contributed by atoms with Crippen LogP contribution in [0, 0.1) is 0 Å². The lowest BCUT2D eigenvalue weighted by molar-refractivity contribution is -0.114. The zero-order valence-corrected chi connectivity index (χ0v) is 16.7. The summed E-state index contributed by atoms with van der Waals surface area (Å²) in [7, 11) is -2.19. The molecule has 0 atom stereocenters. The largest absolute Gasteiger partial charge is 0.495 e. The van der Waals surface area contributed by atoms with E-state index in [4.69, 9.17) is 16.3 Å². The first-order valence-electron chi connectivity index (χ1n) is 7.07. The third kappa shape index (κ3) is 5.35. The molecule has 0 unspecified atom stereocenters. The third-order valence-electron chi connectivity index (χ3n) is 3.22. The Morgan fingerprint density at radius 3 is 2.60 bits per heavy atom. The number of ether oxygens (including phenoxy) is 1. The van der Waals surface area contributed by atoms with Gasteiger partial charge in [0.05, 0.1) is 24.7 Å². The Kier molecular flexibility index (Phi) is 6.31. The molecule has 1 N–H and O–H groups in total. The number of hydrogen-bond donors (Lipinski definition) is 1. The molecule has 0 aromatic heterocycles. The van der Waals surface area contributed by atoms with E-state index in [2.05, 4.69) is 21.2 Å². The van der Waals surface area contributed by atoms with Crippen LogP contribution >= 0.6 is 27.5 Å². The Morgan fingerprint density at radius 1 is 1.28 bits per heavy atom. The number of anilines is 2. The van der Waals surface area contributed by atoms with Crippen LogP contribution in [0.5, 0.6) is 5.75 Å². The zero-order chi connectivity index (χ0) is 18.6. The van der Waals surface area contributed by atoms with Gasteiger partial charge in [0.15, 0.2) is 0 Å². The van der Waals surface area contributed by atoms with Gasteiger partial charge in [-0.25, -0.2) is 8.42 Å². The van der Waals surface area contributed by atoms with Crippen molar-refractivity contribution in [3.63, 3.8) is 0 Å². The summed E-state index contributed by atoms with van der Waals surface area (Å²) >= 11 is 9.22. The van der Waals surface area contributed by atoms with E-state index in [1.165, 1.54) is 13.2 Å². The van der Waals surface area contributed by atoms with Crippen LogP contribution < -0.4 is 14.4 Å². The Labute approximate surface area is 159 Å². The van der Waals surface area contributed by atoms with E-state index in [0.717, 1.165) is 10.6 Å². The average Bonchev–Trinajstić information content (AvgIpc) is 2.52. The number of hydrogen-bond acceptors (Lipinski definition) is 4. The summed E-state index contributed by atoms with van der Waals surface area (Å²) in [6, 6.07) is 11.5. The second-order valence-corrected chi connectivity index (χ2v) is 8.40. The Hall–Kier alpha value is -1.77. The molecule has 0 fully saturated rings. The molecule has 0 aliphatic carbocycles. The lowest BCUT2D eigenvalue weighted by Gasteiger charge is -2.22. The zero-order valence-electron chi connectivity index (χ0n) is 13.5. The number of methoxy groups -OCH3 is 1. The maximum absolute atomic E-state index is 12.4. The van der Waals surface area contributed by atoms with Crippen molar-refractivity contribution in [3.05, 3.63) is 52.0 Å². The number of carbonyl (C=O) groups is 1. The predicted octanol–water partition coefficient (Wildman–Crippen LogP) is 3.52. The maximum atomic E-state index is 12.4. The van der Waals surface area contributed by atoms with Gasteiger partial charge in [0.1, 0.15) is 12.3 Å². The molecule has 1 amide bonds. The highest BCUT2D eigenvalue weighted by molar-refractivity contribution is 9.10. The van der Waals surface area contributed by atoms with Crippen molar-refractivity contribution in [1.29, 1.82) is 0 Å². The molecule has 134 valence electrons. The molecule has 2 aromatic carbocycles. The van der Waals surface area contributed by atoms with Crippen molar-refractivity contribution in [3.8, 4) is 5.75 Å². The summed E-state index contributed by atoms with van der Waals surface area (Å²) in [5.41, 5.74) is 0.743. The lowest BCUT2D eigenvalue weighted by Crippen LogP contribution is -2.37. The molecule has 0 heterocycles. The first-order chi connectivity index (χ1) is 11.7. The smallest absolute Gasteiger partial charge is 0.245 e. The Balaban J connectivity index is 2.25. The first kappa shape index (κ1) is 19.6. The minimum atomic E-state index is -3.65. The quantitative estimate of drug-likeness (QED) is 0.735. The van der Waals surface area contributed by atoms with Gasteiger partial charge in [-0.1, -0.05) is 33.6 Å². The molecule has 0 bridgehead atoms.